The number of benzene rings is 1. The molecule has 1 aliphatic rings. The lowest BCUT2D eigenvalue weighted by Crippen LogP contribution is -2.29. The molecule has 17 heavy (non-hydrogen) atoms. The SMILES string of the molecule is N#Cc1ccc(C(C#N)NC2CCCC2)cc1. The highest BCUT2D eigenvalue weighted by atomic mass is 15.0. The predicted octanol–water partition coefficient (Wildman–Crippen LogP) is 2.66. The van der Waals surface area contributed by atoms with Gasteiger partial charge in [-0.25, -0.2) is 0 Å². The van der Waals surface area contributed by atoms with E-state index >= 15 is 0 Å². The van der Waals surface area contributed by atoms with Gasteiger partial charge < -0.3 is 0 Å². The van der Waals surface area contributed by atoms with Crippen LogP contribution in [0.1, 0.15) is 42.9 Å². The Hall–Kier alpha value is -1.84. The van der Waals surface area contributed by atoms with Crippen LogP contribution < -0.4 is 5.32 Å². The Kier molecular flexibility index (Phi) is 3.75. The number of rotatable bonds is 3. The van der Waals surface area contributed by atoms with Crippen LogP contribution in [0.25, 0.3) is 0 Å². The molecule has 0 aromatic heterocycles. The van der Waals surface area contributed by atoms with Gasteiger partial charge in [-0.05, 0) is 30.5 Å². The summed E-state index contributed by atoms with van der Waals surface area (Å²) in [5, 5.41) is 21.3. The molecule has 0 spiro atoms. The lowest BCUT2D eigenvalue weighted by Gasteiger charge is -2.17. The van der Waals surface area contributed by atoms with E-state index in [1.807, 2.05) is 12.1 Å². The van der Waals surface area contributed by atoms with Crippen molar-refractivity contribution in [2.24, 2.45) is 0 Å². The van der Waals surface area contributed by atoms with Crippen molar-refractivity contribution < 1.29 is 0 Å². The van der Waals surface area contributed by atoms with Gasteiger partial charge in [-0.2, -0.15) is 10.5 Å². The Morgan fingerprint density at radius 1 is 1.12 bits per heavy atom. The molecule has 3 heteroatoms. The van der Waals surface area contributed by atoms with Crippen LogP contribution in [0.15, 0.2) is 24.3 Å². The summed E-state index contributed by atoms with van der Waals surface area (Å²) in [5.41, 5.74) is 1.57. The first-order chi connectivity index (χ1) is 8.33. The molecule has 1 aromatic rings. The molecule has 0 heterocycles. The van der Waals surface area contributed by atoms with Crippen molar-refractivity contribution in [1.82, 2.24) is 5.32 Å². The van der Waals surface area contributed by atoms with E-state index in [0.29, 0.717) is 11.6 Å². The summed E-state index contributed by atoms with van der Waals surface area (Å²) in [6, 6.07) is 11.8. The van der Waals surface area contributed by atoms with Crippen molar-refractivity contribution in [3.8, 4) is 12.1 Å². The standard InChI is InChI=1S/C14H15N3/c15-9-11-5-7-12(8-6-11)14(10-16)17-13-3-1-2-4-13/h5-8,13-14,17H,1-4H2. The first-order valence-electron chi connectivity index (χ1n) is 5.99. The summed E-state index contributed by atoms with van der Waals surface area (Å²) < 4.78 is 0. The van der Waals surface area contributed by atoms with E-state index in [9.17, 15) is 5.26 Å². The third-order valence-corrected chi connectivity index (χ3v) is 3.26. The molecule has 1 saturated carbocycles. The van der Waals surface area contributed by atoms with Crippen molar-refractivity contribution in [2.75, 3.05) is 0 Å². The van der Waals surface area contributed by atoms with E-state index in [2.05, 4.69) is 17.5 Å². The molecule has 1 aromatic carbocycles. The molecule has 3 nitrogen and oxygen atoms in total. The fourth-order valence-corrected chi connectivity index (χ4v) is 2.29. The zero-order chi connectivity index (χ0) is 12.1. The molecule has 1 aliphatic carbocycles. The van der Waals surface area contributed by atoms with Gasteiger partial charge >= 0.3 is 0 Å². The molecule has 0 bridgehead atoms. The monoisotopic (exact) mass is 225 g/mol. The zero-order valence-electron chi connectivity index (χ0n) is 9.69. The number of nitriles is 2. The topological polar surface area (TPSA) is 59.6 Å². The largest absolute Gasteiger partial charge is 0.295 e. The highest BCUT2D eigenvalue weighted by Gasteiger charge is 2.19. The number of hydrogen-bond acceptors (Lipinski definition) is 3. The fourth-order valence-electron chi connectivity index (χ4n) is 2.29. The number of hydrogen-bond donors (Lipinski definition) is 1. The van der Waals surface area contributed by atoms with Crippen LogP contribution >= 0.6 is 0 Å². The highest BCUT2D eigenvalue weighted by Crippen LogP contribution is 2.22. The van der Waals surface area contributed by atoms with Gasteiger partial charge in [0.15, 0.2) is 0 Å². The maximum absolute atomic E-state index is 9.19. The van der Waals surface area contributed by atoms with Crippen LogP contribution in [0.3, 0.4) is 0 Å². The fraction of sp³-hybridized carbons (Fsp3) is 0.429. The van der Waals surface area contributed by atoms with E-state index in [1.165, 1.54) is 12.8 Å². The first-order valence-corrected chi connectivity index (χ1v) is 5.99. The van der Waals surface area contributed by atoms with Gasteiger partial charge in [0.1, 0.15) is 6.04 Å². The second-order valence-corrected chi connectivity index (χ2v) is 4.44. The maximum Gasteiger partial charge on any atom is 0.121 e. The Morgan fingerprint density at radius 2 is 1.76 bits per heavy atom. The molecule has 1 N–H and O–H groups in total. The normalized spacial score (nSPS) is 17.3. The lowest BCUT2D eigenvalue weighted by molar-refractivity contribution is 0.492. The van der Waals surface area contributed by atoms with Crippen molar-refractivity contribution >= 4 is 0 Å². The Bertz CT molecular complexity index is 444. The minimum atomic E-state index is -0.258. The summed E-state index contributed by atoms with van der Waals surface area (Å²) in [6.07, 6.45) is 4.83. The van der Waals surface area contributed by atoms with Crippen LogP contribution in [-0.2, 0) is 0 Å². The second-order valence-electron chi connectivity index (χ2n) is 4.44. The van der Waals surface area contributed by atoms with Gasteiger partial charge in [0.05, 0.1) is 17.7 Å². The van der Waals surface area contributed by atoms with Crippen molar-refractivity contribution in [1.29, 1.82) is 10.5 Å². The maximum atomic E-state index is 9.19. The lowest BCUT2D eigenvalue weighted by atomic mass is 10.0. The predicted molar refractivity (Wildman–Crippen MR) is 64.9 cm³/mol. The van der Waals surface area contributed by atoms with Crippen LogP contribution in [0.4, 0.5) is 0 Å². The summed E-state index contributed by atoms with van der Waals surface area (Å²) in [6.45, 7) is 0. The summed E-state index contributed by atoms with van der Waals surface area (Å²) in [5.74, 6) is 0. The third kappa shape index (κ3) is 2.84. The minimum absolute atomic E-state index is 0.258. The van der Waals surface area contributed by atoms with Crippen LogP contribution in [0.2, 0.25) is 0 Å². The number of nitrogens with one attached hydrogen (secondary N) is 1. The first kappa shape index (κ1) is 11.6. The summed E-state index contributed by atoms with van der Waals surface area (Å²) in [4.78, 5) is 0. The van der Waals surface area contributed by atoms with Gasteiger partial charge in [-0.3, -0.25) is 5.32 Å². The average Bonchev–Trinajstić information content (AvgIpc) is 2.89. The molecule has 2 rings (SSSR count). The molecule has 0 saturated heterocycles. The highest BCUT2D eigenvalue weighted by molar-refractivity contribution is 5.34. The van der Waals surface area contributed by atoms with Crippen molar-refractivity contribution in [3.63, 3.8) is 0 Å². The van der Waals surface area contributed by atoms with Crippen molar-refractivity contribution in [3.05, 3.63) is 35.4 Å². The molecular weight excluding hydrogens is 210 g/mol. The molecule has 0 radical (unpaired) electrons. The summed E-state index contributed by atoms with van der Waals surface area (Å²) in [7, 11) is 0. The average molecular weight is 225 g/mol. The van der Waals surface area contributed by atoms with Gasteiger partial charge in [0, 0.05) is 6.04 Å². The molecule has 0 amide bonds. The van der Waals surface area contributed by atoms with Crippen LogP contribution in [0, 0.1) is 22.7 Å². The smallest absolute Gasteiger partial charge is 0.121 e. The Labute approximate surface area is 102 Å². The molecule has 86 valence electrons. The molecular formula is C14H15N3. The van der Waals surface area contributed by atoms with E-state index in [4.69, 9.17) is 5.26 Å². The minimum Gasteiger partial charge on any atom is -0.295 e. The van der Waals surface area contributed by atoms with E-state index in [0.717, 1.165) is 18.4 Å². The molecule has 0 aliphatic heterocycles. The molecule has 1 unspecified atom stereocenters. The van der Waals surface area contributed by atoms with E-state index in [-0.39, 0.29) is 6.04 Å². The van der Waals surface area contributed by atoms with E-state index < -0.39 is 0 Å². The second kappa shape index (κ2) is 5.48. The van der Waals surface area contributed by atoms with Gasteiger partial charge in [0.2, 0.25) is 0 Å². The zero-order valence-corrected chi connectivity index (χ0v) is 9.69. The van der Waals surface area contributed by atoms with Crippen LogP contribution in [-0.4, -0.2) is 6.04 Å². The molecule has 1 atom stereocenters. The van der Waals surface area contributed by atoms with Gasteiger partial charge in [0.25, 0.3) is 0 Å². The Balaban J connectivity index is 2.06. The summed E-state index contributed by atoms with van der Waals surface area (Å²) >= 11 is 0. The van der Waals surface area contributed by atoms with Gasteiger partial charge in [-0.15, -0.1) is 0 Å². The molecule has 1 fully saturated rings. The Morgan fingerprint density at radius 3 is 2.29 bits per heavy atom. The van der Waals surface area contributed by atoms with Crippen LogP contribution in [0.5, 0.6) is 0 Å². The number of nitrogens with zero attached hydrogens (tertiary/aromatic N) is 2. The quantitative estimate of drug-likeness (QED) is 0.860. The third-order valence-electron chi connectivity index (χ3n) is 3.26. The van der Waals surface area contributed by atoms with Crippen molar-refractivity contribution in [2.45, 2.75) is 37.8 Å². The van der Waals surface area contributed by atoms with Gasteiger partial charge in [-0.1, -0.05) is 25.0 Å². The van der Waals surface area contributed by atoms with E-state index in [1.54, 1.807) is 12.1 Å².